The van der Waals surface area contributed by atoms with E-state index < -0.39 is 0 Å². The highest BCUT2D eigenvalue weighted by molar-refractivity contribution is 9.10. The molecule has 3 aromatic rings. The number of hydrogen-bond acceptors (Lipinski definition) is 4. The van der Waals surface area contributed by atoms with Gasteiger partial charge in [0.05, 0.1) is 25.6 Å². The van der Waals surface area contributed by atoms with Crippen LogP contribution in [-0.4, -0.2) is 30.5 Å². The highest BCUT2D eigenvalue weighted by Gasteiger charge is 2.22. The summed E-state index contributed by atoms with van der Waals surface area (Å²) >= 11 is 3.57. The van der Waals surface area contributed by atoms with E-state index in [2.05, 4.69) is 33.4 Å². The Labute approximate surface area is 167 Å². The lowest BCUT2D eigenvalue weighted by Crippen LogP contribution is -2.07. The molecule has 0 bridgehead atoms. The molecule has 4 rings (SSSR count). The van der Waals surface area contributed by atoms with Crippen molar-refractivity contribution in [3.05, 3.63) is 52.5 Å². The number of methoxy groups -OCH3 is 2. The fourth-order valence-corrected chi connectivity index (χ4v) is 3.86. The molecule has 1 aliphatic rings. The first-order valence-corrected chi connectivity index (χ1v) is 9.84. The maximum absolute atomic E-state index is 5.46. The molecule has 6 heteroatoms. The number of hydrogen-bond donors (Lipinski definition) is 1. The maximum Gasteiger partial charge on any atom is 0.133 e. The number of rotatable bonds is 4. The summed E-state index contributed by atoms with van der Waals surface area (Å²) in [5.41, 5.74) is 4.23. The number of halogens is 1. The molecule has 2 heterocycles. The van der Waals surface area contributed by atoms with Crippen LogP contribution < -0.4 is 14.8 Å². The average Bonchev–Trinajstić information content (AvgIpc) is 2.88. The number of fused-ring (bicyclic) bond motifs is 1. The summed E-state index contributed by atoms with van der Waals surface area (Å²) in [6.45, 7) is 0.952. The first kappa shape index (κ1) is 17.9. The van der Waals surface area contributed by atoms with Crippen LogP contribution in [0.3, 0.4) is 0 Å². The molecule has 0 saturated carbocycles. The molecule has 1 N–H and O–H groups in total. The minimum atomic E-state index is 0.761. The van der Waals surface area contributed by atoms with Gasteiger partial charge in [-0.25, -0.2) is 4.68 Å². The van der Waals surface area contributed by atoms with Gasteiger partial charge in [0.25, 0.3) is 0 Å². The summed E-state index contributed by atoms with van der Waals surface area (Å²) in [6.07, 6.45) is 3.28. The van der Waals surface area contributed by atoms with E-state index in [9.17, 15) is 0 Å². The monoisotopic (exact) mass is 427 g/mol. The topological polar surface area (TPSA) is 48.3 Å². The van der Waals surface area contributed by atoms with Gasteiger partial charge in [0.2, 0.25) is 0 Å². The second-order valence-electron chi connectivity index (χ2n) is 6.55. The van der Waals surface area contributed by atoms with E-state index >= 15 is 0 Å². The molecule has 1 aliphatic heterocycles. The van der Waals surface area contributed by atoms with E-state index in [1.54, 1.807) is 14.2 Å². The molecule has 0 atom stereocenters. The minimum Gasteiger partial charge on any atom is -0.497 e. The number of nitrogens with one attached hydrogen (secondary N) is 1. The Morgan fingerprint density at radius 1 is 1.04 bits per heavy atom. The molecule has 0 aliphatic carbocycles. The number of benzene rings is 2. The Morgan fingerprint density at radius 2 is 1.81 bits per heavy atom. The summed E-state index contributed by atoms with van der Waals surface area (Å²) in [5, 5.41) is 8.57. The van der Waals surface area contributed by atoms with Crippen molar-refractivity contribution in [3.63, 3.8) is 0 Å². The summed E-state index contributed by atoms with van der Waals surface area (Å²) in [4.78, 5) is 0. The van der Waals surface area contributed by atoms with Gasteiger partial charge < -0.3 is 14.8 Å². The first-order valence-electron chi connectivity index (χ1n) is 9.05. The number of aromatic nitrogens is 2. The highest BCUT2D eigenvalue weighted by atomic mass is 79.9. The van der Waals surface area contributed by atoms with E-state index in [0.29, 0.717) is 0 Å². The van der Waals surface area contributed by atoms with Crippen LogP contribution in [0.4, 0.5) is 5.82 Å². The normalized spacial score (nSPS) is 13.4. The predicted octanol–water partition coefficient (Wildman–Crippen LogP) is 5.07. The molecule has 27 heavy (non-hydrogen) atoms. The Bertz CT molecular complexity index is 946. The second kappa shape index (κ2) is 7.64. The fourth-order valence-electron chi connectivity index (χ4n) is 3.47. The van der Waals surface area contributed by atoms with Gasteiger partial charge in [0.15, 0.2) is 0 Å². The lowest BCUT2D eigenvalue weighted by Gasteiger charge is -2.09. The highest BCUT2D eigenvalue weighted by Crippen LogP contribution is 2.37. The lowest BCUT2D eigenvalue weighted by atomic mass is 10.0. The summed E-state index contributed by atoms with van der Waals surface area (Å²) in [6, 6.07) is 14.1. The summed E-state index contributed by atoms with van der Waals surface area (Å²) < 4.78 is 14.0. The van der Waals surface area contributed by atoms with Gasteiger partial charge in [-0.2, -0.15) is 5.10 Å². The van der Waals surface area contributed by atoms with Crippen LogP contribution in [0.2, 0.25) is 0 Å². The molecule has 140 valence electrons. The van der Waals surface area contributed by atoms with Crippen LogP contribution >= 0.6 is 15.9 Å². The molecular formula is C21H22BrN3O2. The first-order chi connectivity index (χ1) is 13.2. The standard InChI is InChI=1S/C21H22BrN3O2/c1-26-17-10-14(11-18(13-17)27-2)20-19-8-3-4-9-23-21(19)25(24-20)16-7-5-6-15(22)12-16/h5-7,10-13,23H,3-4,8-9H2,1-2H3. The van der Waals surface area contributed by atoms with Crippen LogP contribution in [-0.2, 0) is 6.42 Å². The average molecular weight is 428 g/mol. The Hall–Kier alpha value is -2.47. The molecule has 0 unspecified atom stereocenters. The van der Waals surface area contributed by atoms with E-state index in [1.165, 1.54) is 5.56 Å². The number of nitrogens with zero attached hydrogens (tertiary/aromatic N) is 2. The SMILES string of the molecule is COc1cc(OC)cc(-c2nn(-c3cccc(Br)c3)c3c2CCCCN3)c1. The quantitative estimate of drug-likeness (QED) is 0.631. The van der Waals surface area contributed by atoms with Crippen LogP contribution in [0.1, 0.15) is 18.4 Å². The van der Waals surface area contributed by atoms with E-state index in [4.69, 9.17) is 14.6 Å². The Kier molecular flexibility index (Phi) is 5.07. The third-order valence-electron chi connectivity index (χ3n) is 4.81. The van der Waals surface area contributed by atoms with E-state index in [0.717, 1.165) is 64.5 Å². The third kappa shape index (κ3) is 3.54. The van der Waals surface area contributed by atoms with Crippen LogP contribution in [0, 0.1) is 0 Å². The maximum atomic E-state index is 5.46. The Morgan fingerprint density at radius 3 is 2.52 bits per heavy atom. The van der Waals surface area contributed by atoms with Gasteiger partial charge >= 0.3 is 0 Å². The van der Waals surface area contributed by atoms with Crippen molar-refractivity contribution in [3.8, 4) is 28.4 Å². The van der Waals surface area contributed by atoms with Crippen molar-refractivity contribution in [2.75, 3.05) is 26.1 Å². The molecule has 0 fully saturated rings. The van der Waals surface area contributed by atoms with Crippen molar-refractivity contribution in [1.29, 1.82) is 0 Å². The van der Waals surface area contributed by atoms with Crippen molar-refractivity contribution in [2.45, 2.75) is 19.3 Å². The zero-order valence-electron chi connectivity index (χ0n) is 15.5. The zero-order chi connectivity index (χ0) is 18.8. The van der Waals surface area contributed by atoms with Crippen LogP contribution in [0.25, 0.3) is 16.9 Å². The van der Waals surface area contributed by atoms with Gasteiger partial charge in [0.1, 0.15) is 17.3 Å². The van der Waals surface area contributed by atoms with Crippen molar-refractivity contribution >= 4 is 21.7 Å². The third-order valence-corrected chi connectivity index (χ3v) is 5.30. The van der Waals surface area contributed by atoms with Crippen molar-refractivity contribution in [1.82, 2.24) is 9.78 Å². The number of anilines is 1. The van der Waals surface area contributed by atoms with E-state index in [1.807, 2.05) is 35.0 Å². The number of ether oxygens (including phenoxy) is 2. The molecule has 0 radical (unpaired) electrons. The molecule has 1 aromatic heterocycles. The van der Waals surface area contributed by atoms with Gasteiger partial charge in [-0.05, 0) is 49.6 Å². The minimum absolute atomic E-state index is 0.761. The zero-order valence-corrected chi connectivity index (χ0v) is 17.0. The summed E-state index contributed by atoms with van der Waals surface area (Å²) in [5.74, 6) is 2.59. The smallest absolute Gasteiger partial charge is 0.133 e. The summed E-state index contributed by atoms with van der Waals surface area (Å²) in [7, 11) is 3.33. The predicted molar refractivity (Wildman–Crippen MR) is 111 cm³/mol. The molecule has 5 nitrogen and oxygen atoms in total. The van der Waals surface area contributed by atoms with Crippen molar-refractivity contribution < 1.29 is 9.47 Å². The molecule has 0 saturated heterocycles. The molecule has 0 amide bonds. The molecule has 2 aromatic carbocycles. The van der Waals surface area contributed by atoms with Gasteiger partial charge in [0, 0.05) is 28.2 Å². The van der Waals surface area contributed by atoms with Crippen molar-refractivity contribution in [2.24, 2.45) is 0 Å². The molecular weight excluding hydrogens is 406 g/mol. The molecule has 0 spiro atoms. The lowest BCUT2D eigenvalue weighted by molar-refractivity contribution is 0.394. The Balaban J connectivity index is 1.91. The van der Waals surface area contributed by atoms with Crippen LogP contribution in [0.15, 0.2) is 46.9 Å². The second-order valence-corrected chi connectivity index (χ2v) is 7.47. The van der Waals surface area contributed by atoms with Gasteiger partial charge in [-0.3, -0.25) is 0 Å². The largest absolute Gasteiger partial charge is 0.497 e. The van der Waals surface area contributed by atoms with Gasteiger partial charge in [-0.15, -0.1) is 0 Å². The van der Waals surface area contributed by atoms with Crippen LogP contribution in [0.5, 0.6) is 11.5 Å². The van der Waals surface area contributed by atoms with E-state index in [-0.39, 0.29) is 0 Å². The van der Waals surface area contributed by atoms with Gasteiger partial charge in [-0.1, -0.05) is 22.0 Å². The fraction of sp³-hybridized carbons (Fsp3) is 0.286.